The van der Waals surface area contributed by atoms with Crippen molar-refractivity contribution in [2.24, 2.45) is 5.92 Å². The lowest BCUT2D eigenvalue weighted by molar-refractivity contribution is 0.434. The van der Waals surface area contributed by atoms with E-state index in [1.807, 2.05) is 19.9 Å². The maximum Gasteiger partial charge on any atom is 0.119 e. The van der Waals surface area contributed by atoms with E-state index in [2.05, 4.69) is 53.0 Å². The number of phenols is 1. The molecule has 0 amide bonds. The predicted octanol–water partition coefficient (Wildman–Crippen LogP) is 8.03. The normalized spacial score (nSPS) is 19.0. The number of aryl methyl sites for hydroxylation is 2. The van der Waals surface area contributed by atoms with Crippen LogP contribution in [0.5, 0.6) is 5.75 Å². The highest BCUT2D eigenvalue weighted by Gasteiger charge is 2.28. The highest BCUT2D eigenvalue weighted by molar-refractivity contribution is 5.48. The summed E-state index contributed by atoms with van der Waals surface area (Å²) < 4.78 is 0. The summed E-state index contributed by atoms with van der Waals surface area (Å²) in [4.78, 5) is 0. The summed E-state index contributed by atoms with van der Waals surface area (Å²) in [6.07, 6.45) is 9.38. The van der Waals surface area contributed by atoms with Crippen LogP contribution in [-0.2, 0) is 6.42 Å². The molecule has 0 spiro atoms. The molecule has 1 N–H and O–H groups in total. The molecule has 0 aliphatic heterocycles. The van der Waals surface area contributed by atoms with Crippen LogP contribution in [0.25, 0.3) is 0 Å². The van der Waals surface area contributed by atoms with E-state index in [1.54, 1.807) is 0 Å². The van der Waals surface area contributed by atoms with Crippen LogP contribution in [-0.4, -0.2) is 5.11 Å². The molecular weight excluding hydrogens is 328 g/mol. The number of hydrogen-bond acceptors (Lipinski definition) is 1. The number of aromatic hydroxyl groups is 1. The number of benzene rings is 1. The topological polar surface area (TPSA) is 20.2 Å². The first-order valence-electron chi connectivity index (χ1n) is 10.4. The van der Waals surface area contributed by atoms with Gasteiger partial charge in [0.25, 0.3) is 0 Å². The third-order valence-electron chi connectivity index (χ3n) is 5.21. The summed E-state index contributed by atoms with van der Waals surface area (Å²) in [7, 11) is 0. The van der Waals surface area contributed by atoms with Crippen molar-refractivity contribution in [2.45, 2.75) is 86.0 Å². The van der Waals surface area contributed by atoms with Crippen LogP contribution in [0.1, 0.15) is 89.3 Å². The number of phenolic OH excluding ortho intramolecular Hbond substituents is 1. The largest absolute Gasteiger partial charge is 0.508 e. The molecule has 150 valence electrons. The molecule has 1 nitrogen and oxygen atoms in total. The molecule has 0 saturated carbocycles. The van der Waals surface area contributed by atoms with E-state index in [0.29, 0.717) is 11.7 Å². The van der Waals surface area contributed by atoms with E-state index in [1.165, 1.54) is 47.1 Å². The van der Waals surface area contributed by atoms with Crippen molar-refractivity contribution < 1.29 is 5.11 Å². The first-order valence-corrected chi connectivity index (χ1v) is 10.4. The minimum Gasteiger partial charge on any atom is -0.508 e. The number of rotatable bonds is 6. The molecule has 0 aromatic heterocycles. The molecule has 27 heavy (non-hydrogen) atoms. The summed E-state index contributed by atoms with van der Waals surface area (Å²) in [5, 5.41) is 10.7. The third-order valence-corrected chi connectivity index (χ3v) is 5.21. The van der Waals surface area contributed by atoms with Gasteiger partial charge in [0.05, 0.1) is 0 Å². The van der Waals surface area contributed by atoms with Gasteiger partial charge in [0.1, 0.15) is 5.75 Å². The zero-order chi connectivity index (χ0) is 20.6. The lowest BCUT2D eigenvalue weighted by Crippen LogP contribution is -2.18. The molecule has 1 aromatic rings. The quantitative estimate of drug-likeness (QED) is 0.398. The SMILES string of the molecule is C=C(C)C.C=C(C)C1CCC(C)=CC1c1c(C)cc(CCCCC)cc1O. The van der Waals surface area contributed by atoms with Gasteiger partial charge in [-0.05, 0) is 83.4 Å². The predicted molar refractivity (Wildman–Crippen MR) is 121 cm³/mol. The summed E-state index contributed by atoms with van der Waals surface area (Å²) in [5.74, 6) is 1.18. The van der Waals surface area contributed by atoms with Crippen molar-refractivity contribution in [2.75, 3.05) is 0 Å². The monoisotopic (exact) mass is 368 g/mol. The summed E-state index contributed by atoms with van der Waals surface area (Å²) in [5.41, 5.74) is 7.42. The highest BCUT2D eigenvalue weighted by Crippen LogP contribution is 2.44. The highest BCUT2D eigenvalue weighted by atomic mass is 16.3. The molecule has 1 heteroatoms. The lowest BCUT2D eigenvalue weighted by Gasteiger charge is -2.32. The maximum absolute atomic E-state index is 10.7. The van der Waals surface area contributed by atoms with Gasteiger partial charge in [0.15, 0.2) is 0 Å². The molecular formula is C26H40O. The lowest BCUT2D eigenvalue weighted by atomic mass is 9.73. The van der Waals surface area contributed by atoms with Crippen LogP contribution in [0, 0.1) is 12.8 Å². The van der Waals surface area contributed by atoms with Crippen LogP contribution in [0.15, 0.2) is 48.1 Å². The maximum atomic E-state index is 10.7. The van der Waals surface area contributed by atoms with Crippen molar-refractivity contribution in [1.29, 1.82) is 0 Å². The molecule has 0 heterocycles. The van der Waals surface area contributed by atoms with Gasteiger partial charge in [-0.1, -0.05) is 55.2 Å². The van der Waals surface area contributed by atoms with Crippen LogP contribution in [0.2, 0.25) is 0 Å². The zero-order valence-electron chi connectivity index (χ0n) is 18.5. The zero-order valence-corrected chi connectivity index (χ0v) is 18.5. The fraction of sp³-hybridized carbons (Fsp3) is 0.538. The Balaban J connectivity index is 0.000000828. The Morgan fingerprint density at radius 3 is 2.26 bits per heavy atom. The van der Waals surface area contributed by atoms with Gasteiger partial charge in [-0.25, -0.2) is 0 Å². The third kappa shape index (κ3) is 7.40. The minimum atomic E-state index is 0.269. The second-order valence-corrected chi connectivity index (χ2v) is 8.54. The average molecular weight is 369 g/mol. The van der Waals surface area contributed by atoms with Crippen LogP contribution >= 0.6 is 0 Å². The molecule has 1 aliphatic rings. The second kappa shape index (κ2) is 11.2. The first kappa shape index (κ1) is 23.3. The van der Waals surface area contributed by atoms with E-state index in [9.17, 15) is 5.11 Å². The van der Waals surface area contributed by atoms with Crippen LogP contribution in [0.3, 0.4) is 0 Å². The molecule has 2 atom stereocenters. The second-order valence-electron chi connectivity index (χ2n) is 8.54. The number of allylic oxidation sites excluding steroid dienone is 4. The molecule has 2 unspecified atom stereocenters. The van der Waals surface area contributed by atoms with E-state index in [4.69, 9.17) is 0 Å². The van der Waals surface area contributed by atoms with Gasteiger partial charge in [0, 0.05) is 11.5 Å². The Kier molecular flexibility index (Phi) is 9.63. The van der Waals surface area contributed by atoms with Crippen LogP contribution in [0.4, 0.5) is 0 Å². The summed E-state index contributed by atoms with van der Waals surface area (Å²) >= 11 is 0. The number of hydrogen-bond donors (Lipinski definition) is 1. The van der Waals surface area contributed by atoms with E-state index < -0.39 is 0 Å². The Labute approximate surface area is 167 Å². The van der Waals surface area contributed by atoms with Crippen LogP contribution < -0.4 is 0 Å². The molecule has 2 rings (SSSR count). The van der Waals surface area contributed by atoms with Gasteiger partial charge in [-0.3, -0.25) is 0 Å². The van der Waals surface area contributed by atoms with Gasteiger partial charge >= 0.3 is 0 Å². The fourth-order valence-corrected chi connectivity index (χ4v) is 3.92. The van der Waals surface area contributed by atoms with E-state index in [0.717, 1.165) is 24.8 Å². The Morgan fingerprint density at radius 1 is 1.11 bits per heavy atom. The van der Waals surface area contributed by atoms with Gasteiger partial charge < -0.3 is 5.11 Å². The van der Waals surface area contributed by atoms with Gasteiger partial charge in [0.2, 0.25) is 0 Å². The fourth-order valence-electron chi connectivity index (χ4n) is 3.92. The molecule has 0 saturated heterocycles. The van der Waals surface area contributed by atoms with Crippen molar-refractivity contribution >= 4 is 0 Å². The Bertz CT molecular complexity index is 650. The molecule has 0 fully saturated rings. The smallest absolute Gasteiger partial charge is 0.119 e. The number of unbranched alkanes of at least 4 members (excludes halogenated alkanes) is 2. The van der Waals surface area contributed by atoms with Crippen molar-refractivity contribution in [3.8, 4) is 5.75 Å². The van der Waals surface area contributed by atoms with Crippen molar-refractivity contribution in [3.63, 3.8) is 0 Å². The molecule has 1 aromatic carbocycles. The summed E-state index contributed by atoms with van der Waals surface area (Å²) in [6, 6.07) is 4.27. The summed E-state index contributed by atoms with van der Waals surface area (Å²) in [6.45, 7) is 20.4. The van der Waals surface area contributed by atoms with Gasteiger partial charge in [-0.2, -0.15) is 0 Å². The Hall–Kier alpha value is -1.76. The van der Waals surface area contributed by atoms with Gasteiger partial charge in [-0.15, -0.1) is 6.58 Å². The van der Waals surface area contributed by atoms with E-state index >= 15 is 0 Å². The molecule has 1 aliphatic carbocycles. The first-order chi connectivity index (χ1) is 12.7. The standard InChI is InChI=1S/C22H32O.C4H8/c1-6-7-8-9-18-13-17(5)22(21(23)14-18)20-12-16(4)10-11-19(20)15(2)3;1-4(2)3/h12-14,19-20,23H,2,6-11H2,1,3-5H3;1H2,2-3H3. The van der Waals surface area contributed by atoms with E-state index in [-0.39, 0.29) is 5.92 Å². The van der Waals surface area contributed by atoms with Crippen molar-refractivity contribution in [3.05, 3.63) is 64.8 Å². The molecule has 0 radical (unpaired) electrons. The average Bonchev–Trinajstić information content (AvgIpc) is 2.53. The molecule has 0 bridgehead atoms. The van der Waals surface area contributed by atoms with Crippen molar-refractivity contribution in [1.82, 2.24) is 0 Å². The minimum absolute atomic E-state index is 0.269. The Morgan fingerprint density at radius 2 is 1.74 bits per heavy atom.